The lowest BCUT2D eigenvalue weighted by Gasteiger charge is -2.32. The van der Waals surface area contributed by atoms with Crippen LogP contribution in [-0.2, 0) is 0 Å². The number of carbonyl (C=O) groups is 1. The molecular weight excluding hydrogens is 316 g/mol. The van der Waals surface area contributed by atoms with Crippen molar-refractivity contribution in [2.45, 2.75) is 26.7 Å². The minimum atomic E-state index is 0.155. The van der Waals surface area contributed by atoms with E-state index in [0.29, 0.717) is 5.92 Å². The zero-order valence-electron chi connectivity index (χ0n) is 12.3. The number of likely N-dealkylation sites (tertiary alicyclic amines) is 1. The van der Waals surface area contributed by atoms with E-state index in [1.54, 1.807) is 0 Å². The van der Waals surface area contributed by atoms with Gasteiger partial charge in [0.25, 0.3) is 5.91 Å². The predicted octanol–water partition coefficient (Wildman–Crippen LogP) is 3.22. The van der Waals surface area contributed by atoms with Crippen LogP contribution < -0.4 is 5.32 Å². The van der Waals surface area contributed by atoms with Gasteiger partial charge in [-0.25, -0.2) is 0 Å². The molecule has 3 nitrogen and oxygen atoms in total. The van der Waals surface area contributed by atoms with Gasteiger partial charge in [-0.1, -0.05) is 18.6 Å². The normalized spacial score (nSPS) is 16.4. The van der Waals surface area contributed by atoms with Gasteiger partial charge in [0.1, 0.15) is 0 Å². The summed E-state index contributed by atoms with van der Waals surface area (Å²) in [4.78, 5) is 14.6. The first-order valence-electron chi connectivity index (χ1n) is 7.38. The molecule has 0 radical (unpaired) electrons. The van der Waals surface area contributed by atoms with Crippen molar-refractivity contribution in [2.75, 3.05) is 26.2 Å². The van der Waals surface area contributed by atoms with E-state index in [2.05, 4.69) is 28.2 Å². The molecule has 4 heteroatoms. The summed E-state index contributed by atoms with van der Waals surface area (Å²) in [6.45, 7) is 7.99. The maximum atomic E-state index is 12.6. The quantitative estimate of drug-likeness (QED) is 0.914. The molecule has 1 amide bonds. The molecule has 1 aliphatic heterocycles. The molecule has 0 atom stereocenters. The summed E-state index contributed by atoms with van der Waals surface area (Å²) in [5.41, 5.74) is 1.91. The highest BCUT2D eigenvalue weighted by molar-refractivity contribution is 9.10. The third-order valence-electron chi connectivity index (χ3n) is 3.94. The van der Waals surface area contributed by atoms with Crippen LogP contribution in [0.25, 0.3) is 0 Å². The topological polar surface area (TPSA) is 32.3 Å². The fraction of sp³-hybridized carbons (Fsp3) is 0.562. The SMILES string of the molecule is CCNCC1CCN(C(=O)c2cc(C)ccc2Br)CC1. The Morgan fingerprint density at radius 2 is 2.10 bits per heavy atom. The largest absolute Gasteiger partial charge is 0.339 e. The van der Waals surface area contributed by atoms with E-state index in [4.69, 9.17) is 0 Å². The number of amides is 1. The standard InChI is InChI=1S/C16H23BrN2O/c1-3-18-11-13-6-8-19(9-7-13)16(20)14-10-12(2)4-5-15(14)17/h4-5,10,13,18H,3,6-9,11H2,1-2H3. The summed E-state index contributed by atoms with van der Waals surface area (Å²) < 4.78 is 0.892. The molecule has 1 aromatic carbocycles. The van der Waals surface area contributed by atoms with E-state index < -0.39 is 0 Å². The lowest BCUT2D eigenvalue weighted by Crippen LogP contribution is -2.40. The van der Waals surface area contributed by atoms with E-state index in [-0.39, 0.29) is 5.91 Å². The average molecular weight is 339 g/mol. The summed E-state index contributed by atoms with van der Waals surface area (Å²) in [6.07, 6.45) is 2.20. The molecule has 1 N–H and O–H groups in total. The summed E-state index contributed by atoms with van der Waals surface area (Å²) in [7, 11) is 0. The summed E-state index contributed by atoms with van der Waals surface area (Å²) >= 11 is 3.49. The van der Waals surface area contributed by atoms with Gasteiger partial charge >= 0.3 is 0 Å². The molecule has 20 heavy (non-hydrogen) atoms. The molecule has 0 saturated carbocycles. The van der Waals surface area contributed by atoms with Crippen molar-refractivity contribution in [3.05, 3.63) is 33.8 Å². The van der Waals surface area contributed by atoms with Crippen LogP contribution in [0.3, 0.4) is 0 Å². The Morgan fingerprint density at radius 1 is 1.40 bits per heavy atom. The molecule has 1 aliphatic rings. The van der Waals surface area contributed by atoms with E-state index in [0.717, 1.165) is 54.6 Å². The molecule has 0 spiro atoms. The second kappa shape index (κ2) is 7.23. The van der Waals surface area contributed by atoms with Crippen molar-refractivity contribution in [3.8, 4) is 0 Å². The van der Waals surface area contributed by atoms with Gasteiger partial charge in [-0.15, -0.1) is 0 Å². The number of nitrogens with one attached hydrogen (secondary N) is 1. The number of rotatable bonds is 4. The molecule has 2 rings (SSSR count). The van der Waals surface area contributed by atoms with Gasteiger partial charge in [0, 0.05) is 17.6 Å². The number of benzene rings is 1. The summed E-state index contributed by atoms with van der Waals surface area (Å²) in [5.74, 6) is 0.863. The number of halogens is 1. The van der Waals surface area contributed by atoms with Gasteiger partial charge in [0.05, 0.1) is 5.56 Å². The number of aryl methyl sites for hydroxylation is 1. The molecule has 1 aromatic rings. The number of nitrogens with zero attached hydrogens (tertiary/aromatic N) is 1. The minimum Gasteiger partial charge on any atom is -0.339 e. The van der Waals surface area contributed by atoms with E-state index in [9.17, 15) is 4.79 Å². The number of hydrogen-bond donors (Lipinski definition) is 1. The van der Waals surface area contributed by atoms with E-state index >= 15 is 0 Å². The van der Waals surface area contributed by atoms with Crippen molar-refractivity contribution in [1.29, 1.82) is 0 Å². The van der Waals surface area contributed by atoms with Crippen LogP contribution in [0.15, 0.2) is 22.7 Å². The predicted molar refractivity (Wildman–Crippen MR) is 86.1 cm³/mol. The molecule has 1 heterocycles. The number of carbonyl (C=O) groups excluding carboxylic acids is 1. The highest BCUT2D eigenvalue weighted by atomic mass is 79.9. The maximum absolute atomic E-state index is 12.6. The highest BCUT2D eigenvalue weighted by Crippen LogP contribution is 2.23. The molecule has 1 fully saturated rings. The molecule has 0 unspecified atom stereocenters. The third-order valence-corrected chi connectivity index (χ3v) is 4.63. The van der Waals surface area contributed by atoms with Crippen molar-refractivity contribution in [2.24, 2.45) is 5.92 Å². The monoisotopic (exact) mass is 338 g/mol. The van der Waals surface area contributed by atoms with Gasteiger partial charge < -0.3 is 10.2 Å². The molecule has 0 bridgehead atoms. The third kappa shape index (κ3) is 3.83. The summed E-state index contributed by atoms with van der Waals surface area (Å²) in [5, 5.41) is 3.40. The van der Waals surface area contributed by atoms with Crippen molar-refractivity contribution < 1.29 is 4.79 Å². The zero-order chi connectivity index (χ0) is 14.5. The Kier molecular flexibility index (Phi) is 5.61. The van der Waals surface area contributed by atoms with Crippen LogP contribution in [0.5, 0.6) is 0 Å². The smallest absolute Gasteiger partial charge is 0.255 e. The Balaban J connectivity index is 1.96. The lowest BCUT2D eigenvalue weighted by molar-refractivity contribution is 0.0689. The number of hydrogen-bond acceptors (Lipinski definition) is 2. The second-order valence-corrected chi connectivity index (χ2v) is 6.38. The Morgan fingerprint density at radius 3 is 2.75 bits per heavy atom. The molecule has 110 valence electrons. The Bertz CT molecular complexity index is 468. The van der Waals surface area contributed by atoms with Crippen LogP contribution in [0.2, 0.25) is 0 Å². The number of piperidine rings is 1. The van der Waals surface area contributed by atoms with Crippen molar-refractivity contribution >= 4 is 21.8 Å². The van der Waals surface area contributed by atoms with Gasteiger partial charge in [0.2, 0.25) is 0 Å². The lowest BCUT2D eigenvalue weighted by atomic mass is 9.96. The van der Waals surface area contributed by atoms with E-state index in [1.807, 2.05) is 30.0 Å². The van der Waals surface area contributed by atoms with Gasteiger partial charge in [-0.05, 0) is 66.8 Å². The van der Waals surface area contributed by atoms with Gasteiger partial charge in [-0.2, -0.15) is 0 Å². The van der Waals surface area contributed by atoms with Gasteiger partial charge in [-0.3, -0.25) is 4.79 Å². The second-order valence-electron chi connectivity index (χ2n) is 5.53. The fourth-order valence-electron chi connectivity index (χ4n) is 2.66. The molecule has 0 aromatic heterocycles. The zero-order valence-corrected chi connectivity index (χ0v) is 13.9. The Hall–Kier alpha value is -0.870. The minimum absolute atomic E-state index is 0.155. The van der Waals surface area contributed by atoms with Crippen LogP contribution in [0.4, 0.5) is 0 Å². The fourth-order valence-corrected chi connectivity index (χ4v) is 3.08. The van der Waals surface area contributed by atoms with E-state index in [1.165, 1.54) is 0 Å². The first kappa shape index (κ1) is 15.5. The maximum Gasteiger partial charge on any atom is 0.255 e. The van der Waals surface area contributed by atoms with Crippen molar-refractivity contribution in [3.63, 3.8) is 0 Å². The van der Waals surface area contributed by atoms with Crippen LogP contribution >= 0.6 is 15.9 Å². The first-order chi connectivity index (χ1) is 9.61. The van der Waals surface area contributed by atoms with Crippen LogP contribution in [0, 0.1) is 12.8 Å². The molecule has 1 saturated heterocycles. The molecule has 0 aliphatic carbocycles. The van der Waals surface area contributed by atoms with Crippen LogP contribution in [-0.4, -0.2) is 37.0 Å². The van der Waals surface area contributed by atoms with Crippen LogP contribution in [0.1, 0.15) is 35.7 Å². The molecular formula is C16H23BrN2O. The van der Waals surface area contributed by atoms with Crippen molar-refractivity contribution in [1.82, 2.24) is 10.2 Å². The Labute approximate surface area is 129 Å². The van der Waals surface area contributed by atoms with Gasteiger partial charge in [0.15, 0.2) is 0 Å². The summed E-state index contributed by atoms with van der Waals surface area (Å²) in [6, 6.07) is 5.95. The highest BCUT2D eigenvalue weighted by Gasteiger charge is 2.24. The average Bonchev–Trinajstić information content (AvgIpc) is 2.47. The first-order valence-corrected chi connectivity index (χ1v) is 8.17.